The first-order chi connectivity index (χ1) is 10.9. The molecular formula is C16H31N3O3S. The fourth-order valence-corrected chi connectivity index (χ4v) is 4.73. The Labute approximate surface area is 140 Å². The van der Waals surface area contributed by atoms with Crippen LogP contribution in [0.3, 0.4) is 0 Å². The van der Waals surface area contributed by atoms with Crippen LogP contribution in [-0.2, 0) is 14.6 Å². The van der Waals surface area contributed by atoms with Crippen molar-refractivity contribution in [1.82, 2.24) is 10.6 Å². The number of hydrogen-bond acceptors (Lipinski definition) is 4. The van der Waals surface area contributed by atoms with Gasteiger partial charge in [0.1, 0.15) is 0 Å². The van der Waals surface area contributed by atoms with Gasteiger partial charge in [-0.3, -0.25) is 4.99 Å². The van der Waals surface area contributed by atoms with Crippen molar-refractivity contribution in [2.24, 2.45) is 10.4 Å². The normalized spacial score (nSPS) is 23.9. The number of sulfone groups is 1. The second-order valence-electron chi connectivity index (χ2n) is 7.05. The molecule has 0 aromatic rings. The standard InChI is InChI=1S/C16H31N3O3S/c1-4-15(6-5-7-15)12-18-14(17-2)19-13-16(23(3,20)21)8-10-22-11-9-16/h4-13H2,1-3H3,(H2,17,18,19). The Balaban J connectivity index is 1.93. The molecule has 0 bridgehead atoms. The van der Waals surface area contributed by atoms with Gasteiger partial charge >= 0.3 is 0 Å². The Morgan fingerprint density at radius 2 is 1.74 bits per heavy atom. The smallest absolute Gasteiger partial charge is 0.191 e. The molecule has 6 nitrogen and oxygen atoms in total. The highest BCUT2D eigenvalue weighted by Crippen LogP contribution is 2.43. The molecule has 2 fully saturated rings. The van der Waals surface area contributed by atoms with Crippen molar-refractivity contribution in [3.63, 3.8) is 0 Å². The molecule has 7 heteroatoms. The van der Waals surface area contributed by atoms with Gasteiger partial charge in [-0.25, -0.2) is 8.42 Å². The maximum absolute atomic E-state index is 12.3. The second-order valence-corrected chi connectivity index (χ2v) is 9.46. The summed E-state index contributed by atoms with van der Waals surface area (Å²) in [6.07, 6.45) is 7.40. The second kappa shape index (κ2) is 7.38. The van der Waals surface area contributed by atoms with Crippen molar-refractivity contribution in [1.29, 1.82) is 0 Å². The molecule has 0 unspecified atom stereocenters. The van der Waals surface area contributed by atoms with Crippen LogP contribution in [0.15, 0.2) is 4.99 Å². The molecular weight excluding hydrogens is 314 g/mol. The molecule has 0 spiro atoms. The van der Waals surface area contributed by atoms with E-state index in [0.717, 1.165) is 6.54 Å². The van der Waals surface area contributed by atoms with E-state index in [1.165, 1.54) is 31.9 Å². The van der Waals surface area contributed by atoms with E-state index < -0.39 is 14.6 Å². The van der Waals surface area contributed by atoms with Crippen LogP contribution < -0.4 is 10.6 Å². The van der Waals surface area contributed by atoms with Crippen LogP contribution in [-0.4, -0.2) is 58.7 Å². The number of hydrogen-bond donors (Lipinski definition) is 2. The molecule has 0 amide bonds. The van der Waals surface area contributed by atoms with Gasteiger partial charge in [-0.05, 0) is 37.5 Å². The van der Waals surface area contributed by atoms with E-state index in [4.69, 9.17) is 4.74 Å². The SMILES string of the molecule is CCC1(CNC(=NC)NCC2(S(C)(=O)=O)CCOCC2)CCC1. The fourth-order valence-electron chi connectivity index (χ4n) is 3.49. The van der Waals surface area contributed by atoms with E-state index in [1.807, 2.05) is 0 Å². The number of nitrogens with one attached hydrogen (secondary N) is 2. The van der Waals surface area contributed by atoms with Crippen molar-refractivity contribution in [2.75, 3.05) is 39.6 Å². The Bertz CT molecular complexity index is 515. The van der Waals surface area contributed by atoms with E-state index in [2.05, 4.69) is 22.5 Å². The molecule has 2 rings (SSSR count). The van der Waals surface area contributed by atoms with Gasteiger partial charge in [-0.2, -0.15) is 0 Å². The van der Waals surface area contributed by atoms with Crippen molar-refractivity contribution in [3.8, 4) is 0 Å². The Morgan fingerprint density at radius 1 is 1.13 bits per heavy atom. The predicted molar refractivity (Wildman–Crippen MR) is 93.6 cm³/mol. The van der Waals surface area contributed by atoms with Gasteiger partial charge in [0.2, 0.25) is 0 Å². The summed E-state index contributed by atoms with van der Waals surface area (Å²) in [5.74, 6) is 0.694. The van der Waals surface area contributed by atoms with Gasteiger partial charge in [-0.1, -0.05) is 13.3 Å². The van der Waals surface area contributed by atoms with E-state index in [9.17, 15) is 8.42 Å². The van der Waals surface area contributed by atoms with E-state index in [0.29, 0.717) is 44.0 Å². The minimum atomic E-state index is -3.16. The average molecular weight is 346 g/mol. The summed E-state index contributed by atoms with van der Waals surface area (Å²) < 4.78 is 29.1. The summed E-state index contributed by atoms with van der Waals surface area (Å²) in [5.41, 5.74) is 0.394. The highest BCUT2D eigenvalue weighted by molar-refractivity contribution is 7.92. The lowest BCUT2D eigenvalue weighted by atomic mass is 9.67. The van der Waals surface area contributed by atoms with Gasteiger partial charge in [0.25, 0.3) is 0 Å². The summed E-state index contributed by atoms with van der Waals surface area (Å²) in [7, 11) is -1.43. The molecule has 2 aliphatic rings. The summed E-state index contributed by atoms with van der Waals surface area (Å²) in [6, 6.07) is 0. The molecule has 2 N–H and O–H groups in total. The number of aliphatic imine (C=N–C) groups is 1. The molecule has 0 aromatic heterocycles. The summed E-state index contributed by atoms with van der Waals surface area (Å²) in [5, 5.41) is 6.62. The number of ether oxygens (including phenoxy) is 1. The van der Waals surface area contributed by atoms with Gasteiger partial charge in [0.05, 0.1) is 4.75 Å². The van der Waals surface area contributed by atoms with Crippen LogP contribution in [0.4, 0.5) is 0 Å². The quantitative estimate of drug-likeness (QED) is 0.561. The zero-order chi connectivity index (χ0) is 17.0. The lowest BCUT2D eigenvalue weighted by molar-refractivity contribution is 0.0755. The third-order valence-electron chi connectivity index (χ3n) is 5.79. The lowest BCUT2D eigenvalue weighted by Crippen LogP contribution is -2.54. The van der Waals surface area contributed by atoms with Crippen molar-refractivity contribution in [2.45, 2.75) is 50.2 Å². The number of rotatable bonds is 6. The minimum Gasteiger partial charge on any atom is -0.381 e. The Kier molecular flexibility index (Phi) is 5.94. The number of guanidine groups is 1. The zero-order valence-electron chi connectivity index (χ0n) is 14.7. The molecule has 23 heavy (non-hydrogen) atoms. The van der Waals surface area contributed by atoms with Gasteiger partial charge in [0.15, 0.2) is 15.8 Å². The van der Waals surface area contributed by atoms with Crippen molar-refractivity contribution >= 4 is 15.8 Å². The molecule has 1 aliphatic carbocycles. The zero-order valence-corrected chi connectivity index (χ0v) is 15.5. The molecule has 1 aliphatic heterocycles. The summed E-state index contributed by atoms with van der Waals surface area (Å²) >= 11 is 0. The highest BCUT2D eigenvalue weighted by Gasteiger charge is 2.42. The minimum absolute atomic E-state index is 0.383. The maximum atomic E-state index is 12.3. The monoisotopic (exact) mass is 345 g/mol. The maximum Gasteiger partial charge on any atom is 0.191 e. The first kappa shape index (κ1) is 18.5. The van der Waals surface area contributed by atoms with E-state index >= 15 is 0 Å². The highest BCUT2D eigenvalue weighted by atomic mass is 32.2. The van der Waals surface area contributed by atoms with Crippen LogP contribution >= 0.6 is 0 Å². The average Bonchev–Trinajstić information content (AvgIpc) is 2.49. The summed E-state index contributed by atoms with van der Waals surface area (Å²) in [4.78, 5) is 4.25. The third-order valence-corrected chi connectivity index (χ3v) is 7.91. The van der Waals surface area contributed by atoms with E-state index in [-0.39, 0.29) is 0 Å². The Hall–Kier alpha value is -0.820. The molecule has 0 atom stereocenters. The molecule has 0 radical (unpaired) electrons. The van der Waals surface area contributed by atoms with E-state index in [1.54, 1.807) is 7.05 Å². The van der Waals surface area contributed by atoms with Crippen molar-refractivity contribution < 1.29 is 13.2 Å². The molecule has 1 heterocycles. The Morgan fingerprint density at radius 3 is 2.17 bits per heavy atom. The molecule has 134 valence electrons. The van der Waals surface area contributed by atoms with Gasteiger partial charge < -0.3 is 15.4 Å². The predicted octanol–water partition coefficient (Wildman–Crippen LogP) is 1.33. The largest absolute Gasteiger partial charge is 0.381 e. The van der Waals surface area contributed by atoms with Gasteiger partial charge in [0, 0.05) is 39.6 Å². The molecule has 1 saturated carbocycles. The summed E-state index contributed by atoms with van der Waals surface area (Å²) in [6.45, 7) is 4.52. The first-order valence-electron chi connectivity index (χ1n) is 8.58. The third kappa shape index (κ3) is 4.18. The topological polar surface area (TPSA) is 79.8 Å². The van der Waals surface area contributed by atoms with Crippen LogP contribution in [0.1, 0.15) is 45.4 Å². The molecule has 0 aromatic carbocycles. The van der Waals surface area contributed by atoms with Crippen LogP contribution in [0.5, 0.6) is 0 Å². The van der Waals surface area contributed by atoms with Crippen LogP contribution in [0.2, 0.25) is 0 Å². The van der Waals surface area contributed by atoms with Crippen LogP contribution in [0.25, 0.3) is 0 Å². The molecule has 1 saturated heterocycles. The lowest BCUT2D eigenvalue weighted by Gasteiger charge is -2.42. The van der Waals surface area contributed by atoms with Crippen molar-refractivity contribution in [3.05, 3.63) is 0 Å². The van der Waals surface area contributed by atoms with Crippen LogP contribution in [0, 0.1) is 5.41 Å². The first-order valence-corrected chi connectivity index (χ1v) is 10.5. The van der Waals surface area contributed by atoms with Gasteiger partial charge in [-0.15, -0.1) is 0 Å². The number of nitrogens with zero attached hydrogens (tertiary/aromatic N) is 1. The fraction of sp³-hybridized carbons (Fsp3) is 0.938.